The van der Waals surface area contributed by atoms with Crippen LogP contribution in [0.2, 0.25) is 5.02 Å². The van der Waals surface area contributed by atoms with Gasteiger partial charge in [-0.25, -0.2) is 9.78 Å². The molecular weight excluding hydrogens is 438 g/mol. The molecule has 158 valence electrons. The van der Waals surface area contributed by atoms with Gasteiger partial charge in [-0.15, -0.1) is 11.3 Å². The van der Waals surface area contributed by atoms with E-state index in [-0.39, 0.29) is 17.7 Å². The minimum Gasteiger partial charge on any atom is -0.302 e. The molecule has 0 saturated carbocycles. The van der Waals surface area contributed by atoms with Crippen LogP contribution in [0.25, 0.3) is 22.2 Å². The molecule has 0 bridgehead atoms. The summed E-state index contributed by atoms with van der Waals surface area (Å²) in [7, 11) is 2.97. The van der Waals surface area contributed by atoms with Crippen molar-refractivity contribution in [3.8, 4) is 11.3 Å². The average molecular weight is 456 g/mol. The molecule has 31 heavy (non-hydrogen) atoms. The lowest BCUT2D eigenvalue weighted by Crippen LogP contribution is -2.37. The molecule has 0 saturated heterocycles. The molecule has 0 spiro atoms. The maximum atomic E-state index is 12.6. The molecule has 4 aromatic rings. The number of aromatic nitrogens is 4. The third kappa shape index (κ3) is 3.89. The van der Waals surface area contributed by atoms with E-state index in [9.17, 15) is 14.4 Å². The van der Waals surface area contributed by atoms with Crippen molar-refractivity contribution in [2.45, 2.75) is 13.3 Å². The Morgan fingerprint density at radius 1 is 1.19 bits per heavy atom. The topological polar surface area (TPSA) is 98.9 Å². The summed E-state index contributed by atoms with van der Waals surface area (Å²) in [4.78, 5) is 46.1. The molecule has 3 aromatic heterocycles. The highest BCUT2D eigenvalue weighted by atomic mass is 35.5. The zero-order valence-corrected chi connectivity index (χ0v) is 18.5. The number of anilines is 1. The number of aryl methyl sites for hydroxylation is 2. The Bertz CT molecular complexity index is 1450. The fraction of sp³-hybridized carbons (Fsp3) is 0.190. The number of hydrogen-bond donors (Lipinski definition) is 1. The fourth-order valence-corrected chi connectivity index (χ4v) is 4.16. The molecule has 0 aliphatic heterocycles. The van der Waals surface area contributed by atoms with Gasteiger partial charge < -0.3 is 5.32 Å². The number of thiazole rings is 1. The van der Waals surface area contributed by atoms with Gasteiger partial charge in [0.05, 0.1) is 28.7 Å². The van der Waals surface area contributed by atoms with E-state index in [1.807, 2.05) is 30.5 Å². The summed E-state index contributed by atoms with van der Waals surface area (Å²) >= 11 is 7.38. The van der Waals surface area contributed by atoms with Crippen molar-refractivity contribution in [3.63, 3.8) is 0 Å². The maximum absolute atomic E-state index is 12.6. The Hall–Kier alpha value is -3.30. The highest BCUT2D eigenvalue weighted by Gasteiger charge is 2.16. The summed E-state index contributed by atoms with van der Waals surface area (Å²) in [6, 6.07) is 7.20. The van der Waals surface area contributed by atoms with E-state index >= 15 is 0 Å². The van der Waals surface area contributed by atoms with Crippen LogP contribution in [-0.4, -0.2) is 25.0 Å². The van der Waals surface area contributed by atoms with E-state index in [4.69, 9.17) is 11.6 Å². The number of pyridine rings is 1. The van der Waals surface area contributed by atoms with Crippen molar-refractivity contribution in [2.24, 2.45) is 14.1 Å². The third-order valence-corrected chi connectivity index (χ3v) is 6.18. The largest absolute Gasteiger partial charge is 0.330 e. The maximum Gasteiger partial charge on any atom is 0.330 e. The summed E-state index contributed by atoms with van der Waals surface area (Å²) in [6.45, 7) is 1.91. The highest BCUT2D eigenvalue weighted by Crippen LogP contribution is 2.28. The zero-order chi connectivity index (χ0) is 22.3. The second-order valence-corrected chi connectivity index (χ2v) is 8.35. The quantitative estimate of drug-likeness (QED) is 0.510. The summed E-state index contributed by atoms with van der Waals surface area (Å²) in [5.74, 6) is -0.357. The Morgan fingerprint density at radius 2 is 1.97 bits per heavy atom. The molecule has 0 radical (unpaired) electrons. The molecule has 1 N–H and O–H groups in total. The van der Waals surface area contributed by atoms with Crippen LogP contribution in [0.4, 0.5) is 5.13 Å². The molecule has 1 aromatic carbocycles. The number of nitrogens with one attached hydrogen (secondary N) is 1. The predicted octanol–water partition coefficient (Wildman–Crippen LogP) is 2.90. The molecule has 3 heterocycles. The third-order valence-electron chi connectivity index (χ3n) is 4.99. The van der Waals surface area contributed by atoms with Gasteiger partial charge in [0.2, 0.25) is 5.91 Å². The molecule has 0 fully saturated rings. The Labute approximate surface area is 185 Å². The van der Waals surface area contributed by atoms with E-state index in [0.29, 0.717) is 21.4 Å². The lowest BCUT2D eigenvalue weighted by atomic mass is 10.1. The first-order valence-corrected chi connectivity index (χ1v) is 10.6. The van der Waals surface area contributed by atoms with Gasteiger partial charge in [-0.2, -0.15) is 0 Å². The highest BCUT2D eigenvalue weighted by molar-refractivity contribution is 7.14. The number of carbonyl (C=O) groups is 1. The Balaban J connectivity index is 1.60. The molecular formula is C21H18ClN5O3S. The number of halogens is 1. The minimum atomic E-state index is -0.483. The first kappa shape index (κ1) is 21.0. The van der Waals surface area contributed by atoms with Crippen LogP contribution in [0.3, 0.4) is 0 Å². The second-order valence-electron chi connectivity index (χ2n) is 7.08. The van der Waals surface area contributed by atoms with Crippen molar-refractivity contribution in [3.05, 3.63) is 73.0 Å². The lowest BCUT2D eigenvalue weighted by Gasteiger charge is -2.10. The van der Waals surface area contributed by atoms with E-state index < -0.39 is 11.2 Å². The Kier molecular flexibility index (Phi) is 5.47. The summed E-state index contributed by atoms with van der Waals surface area (Å²) < 4.78 is 2.37. The van der Waals surface area contributed by atoms with Crippen molar-refractivity contribution >= 4 is 44.9 Å². The number of benzene rings is 1. The van der Waals surface area contributed by atoms with Gasteiger partial charge in [0.25, 0.3) is 5.56 Å². The monoisotopic (exact) mass is 455 g/mol. The van der Waals surface area contributed by atoms with Gasteiger partial charge in [-0.3, -0.25) is 23.7 Å². The fourth-order valence-electron chi connectivity index (χ4n) is 3.31. The second kappa shape index (κ2) is 8.09. The summed E-state index contributed by atoms with van der Waals surface area (Å²) in [5, 5.41) is 5.97. The van der Waals surface area contributed by atoms with Gasteiger partial charge in [-0.05, 0) is 30.7 Å². The molecule has 0 aliphatic carbocycles. The SMILES string of the molecule is Cc1cc(-c2csc(NC(=O)Cc3nccc4c3c(=O)n(C)c(=O)n4C)n2)ccc1Cl. The van der Waals surface area contributed by atoms with E-state index in [0.717, 1.165) is 21.4 Å². The molecule has 0 unspecified atom stereocenters. The van der Waals surface area contributed by atoms with Crippen LogP contribution in [0, 0.1) is 6.92 Å². The van der Waals surface area contributed by atoms with Gasteiger partial charge in [0, 0.05) is 36.3 Å². The number of nitrogens with zero attached hydrogens (tertiary/aromatic N) is 4. The van der Waals surface area contributed by atoms with Gasteiger partial charge in [0.15, 0.2) is 5.13 Å². The van der Waals surface area contributed by atoms with Crippen LogP contribution < -0.4 is 16.6 Å². The van der Waals surface area contributed by atoms with E-state index in [2.05, 4.69) is 15.3 Å². The van der Waals surface area contributed by atoms with E-state index in [1.165, 1.54) is 29.1 Å². The molecule has 10 heteroatoms. The van der Waals surface area contributed by atoms with Crippen molar-refractivity contribution < 1.29 is 4.79 Å². The molecule has 8 nitrogen and oxygen atoms in total. The number of amides is 1. The van der Waals surface area contributed by atoms with Crippen LogP contribution in [0.5, 0.6) is 0 Å². The van der Waals surface area contributed by atoms with Crippen LogP contribution >= 0.6 is 22.9 Å². The summed E-state index contributed by atoms with van der Waals surface area (Å²) in [5.41, 5.74) is 2.38. The normalized spacial score (nSPS) is 11.1. The molecule has 0 aliphatic rings. The summed E-state index contributed by atoms with van der Waals surface area (Å²) in [6.07, 6.45) is 1.36. The van der Waals surface area contributed by atoms with Crippen LogP contribution in [0.15, 0.2) is 45.4 Å². The van der Waals surface area contributed by atoms with Crippen molar-refractivity contribution in [2.75, 3.05) is 5.32 Å². The zero-order valence-electron chi connectivity index (χ0n) is 17.0. The van der Waals surface area contributed by atoms with Crippen LogP contribution in [-0.2, 0) is 25.3 Å². The average Bonchev–Trinajstić information content (AvgIpc) is 3.20. The minimum absolute atomic E-state index is 0.125. The number of carbonyl (C=O) groups excluding carboxylic acids is 1. The number of rotatable bonds is 4. The number of hydrogen-bond acceptors (Lipinski definition) is 6. The van der Waals surface area contributed by atoms with Crippen molar-refractivity contribution in [1.29, 1.82) is 0 Å². The molecule has 4 rings (SSSR count). The molecule has 0 atom stereocenters. The number of fused-ring (bicyclic) bond motifs is 1. The van der Waals surface area contributed by atoms with Crippen LogP contribution in [0.1, 0.15) is 11.3 Å². The molecule has 1 amide bonds. The van der Waals surface area contributed by atoms with Gasteiger partial charge in [0.1, 0.15) is 0 Å². The first-order valence-electron chi connectivity index (χ1n) is 9.31. The Morgan fingerprint density at radius 3 is 2.71 bits per heavy atom. The van der Waals surface area contributed by atoms with E-state index in [1.54, 1.807) is 13.1 Å². The smallest absolute Gasteiger partial charge is 0.302 e. The standard InChI is InChI=1S/C21H18ClN5O3S/c1-11-8-12(4-5-13(11)22)15-10-31-20(24-15)25-17(28)9-14-18-16(6-7-23-14)26(2)21(30)27(3)19(18)29/h4-8,10H,9H2,1-3H3,(H,24,25,28). The van der Waals surface area contributed by atoms with Gasteiger partial charge >= 0.3 is 5.69 Å². The lowest BCUT2D eigenvalue weighted by molar-refractivity contribution is -0.115. The van der Waals surface area contributed by atoms with Crippen molar-refractivity contribution in [1.82, 2.24) is 19.1 Å². The van der Waals surface area contributed by atoms with Gasteiger partial charge in [-0.1, -0.05) is 17.7 Å². The first-order chi connectivity index (χ1) is 14.8. The predicted molar refractivity (Wildman–Crippen MR) is 122 cm³/mol.